The third kappa shape index (κ3) is 6.26. The molecule has 0 fully saturated rings. The Bertz CT molecular complexity index is 997. The Hall–Kier alpha value is -2.46. The van der Waals surface area contributed by atoms with Crippen molar-refractivity contribution in [2.45, 2.75) is 13.1 Å². The number of hydrogen-bond acceptors (Lipinski definition) is 4. The Labute approximate surface area is 171 Å². The van der Waals surface area contributed by atoms with Gasteiger partial charge in [-0.3, -0.25) is 9.10 Å². The van der Waals surface area contributed by atoms with Crippen LogP contribution in [0.5, 0.6) is 5.75 Å². The Kier molecular flexibility index (Phi) is 7.02. The van der Waals surface area contributed by atoms with E-state index in [4.69, 9.17) is 16.3 Å². The van der Waals surface area contributed by atoms with Crippen molar-refractivity contribution < 1.29 is 31.1 Å². The van der Waals surface area contributed by atoms with E-state index in [0.29, 0.717) is 28.4 Å². The molecule has 0 spiro atoms. The summed E-state index contributed by atoms with van der Waals surface area (Å²) in [5, 5.41) is 1.92. The molecule has 0 aliphatic carbocycles. The molecule has 0 aromatic heterocycles. The van der Waals surface area contributed by atoms with E-state index >= 15 is 0 Å². The van der Waals surface area contributed by atoms with Gasteiger partial charge in [-0.15, -0.1) is 0 Å². The lowest BCUT2D eigenvalue weighted by Gasteiger charge is -2.23. The van der Waals surface area contributed by atoms with Gasteiger partial charge in [0, 0.05) is 11.8 Å². The minimum atomic E-state index is -4.78. The van der Waals surface area contributed by atoms with Gasteiger partial charge in [0.05, 0.1) is 29.1 Å². The summed E-state index contributed by atoms with van der Waals surface area (Å²) in [6, 6.07) is 9.03. The summed E-state index contributed by atoms with van der Waals surface area (Å²) in [5.41, 5.74) is -1.18. The number of ether oxygens (including phenoxy) is 1. The van der Waals surface area contributed by atoms with Gasteiger partial charge in [0.25, 0.3) is 0 Å². The van der Waals surface area contributed by atoms with E-state index in [0.717, 1.165) is 18.4 Å². The van der Waals surface area contributed by atoms with Crippen molar-refractivity contribution in [1.29, 1.82) is 0 Å². The van der Waals surface area contributed by atoms with Crippen LogP contribution in [-0.2, 0) is 21.0 Å². The van der Waals surface area contributed by atoms with Crippen LogP contribution in [0.15, 0.2) is 42.5 Å². The molecule has 0 saturated heterocycles. The number of carbonyl (C=O) groups excluding carboxylic acids is 1. The van der Waals surface area contributed by atoms with Gasteiger partial charge in [0.1, 0.15) is 12.3 Å². The zero-order valence-electron chi connectivity index (χ0n) is 15.5. The van der Waals surface area contributed by atoms with Crippen molar-refractivity contribution in [2.75, 3.05) is 29.0 Å². The predicted molar refractivity (Wildman–Crippen MR) is 105 cm³/mol. The van der Waals surface area contributed by atoms with Crippen LogP contribution in [0.3, 0.4) is 0 Å². The summed E-state index contributed by atoms with van der Waals surface area (Å²) in [6.07, 6.45) is -3.99. The fourth-order valence-corrected chi connectivity index (χ4v) is 3.52. The summed E-state index contributed by atoms with van der Waals surface area (Å²) in [7, 11) is -4.06. The number of nitrogens with one attached hydrogen (secondary N) is 1. The number of hydrogen-bond donors (Lipinski definition) is 1. The summed E-state index contributed by atoms with van der Waals surface area (Å²) < 4.78 is 69.4. The van der Waals surface area contributed by atoms with Crippen molar-refractivity contribution in [3.8, 4) is 5.75 Å². The molecule has 1 amide bonds. The highest BCUT2D eigenvalue weighted by Gasteiger charge is 2.34. The van der Waals surface area contributed by atoms with Gasteiger partial charge in [0.2, 0.25) is 15.9 Å². The van der Waals surface area contributed by atoms with E-state index in [1.807, 2.05) is 0 Å². The molecule has 0 aliphatic heterocycles. The number of rotatable bonds is 7. The van der Waals surface area contributed by atoms with Crippen molar-refractivity contribution in [3.05, 3.63) is 53.1 Å². The maximum absolute atomic E-state index is 13.1. The molecule has 0 atom stereocenters. The second-order valence-electron chi connectivity index (χ2n) is 5.94. The number of nitrogens with zero attached hydrogens (tertiary/aromatic N) is 1. The number of benzene rings is 2. The third-order valence-corrected chi connectivity index (χ3v) is 5.13. The first-order valence-electron chi connectivity index (χ1n) is 8.29. The van der Waals surface area contributed by atoms with Crippen LogP contribution in [0.2, 0.25) is 5.02 Å². The Morgan fingerprint density at radius 1 is 1.21 bits per heavy atom. The summed E-state index contributed by atoms with van der Waals surface area (Å²) >= 11 is 5.57. The summed E-state index contributed by atoms with van der Waals surface area (Å²) in [6.45, 7) is 1.48. The average molecular weight is 451 g/mol. The summed E-state index contributed by atoms with van der Waals surface area (Å²) in [5.74, 6) is -0.245. The molecule has 2 rings (SSSR count). The number of carbonyl (C=O) groups is 1. The molecular formula is C18H18ClF3N2O4S. The van der Waals surface area contributed by atoms with Crippen LogP contribution in [0.4, 0.5) is 24.5 Å². The highest BCUT2D eigenvalue weighted by molar-refractivity contribution is 7.92. The van der Waals surface area contributed by atoms with Crippen molar-refractivity contribution >= 4 is 38.9 Å². The molecule has 0 bridgehead atoms. The van der Waals surface area contributed by atoms with Crippen molar-refractivity contribution in [3.63, 3.8) is 0 Å². The van der Waals surface area contributed by atoms with E-state index in [2.05, 4.69) is 5.32 Å². The van der Waals surface area contributed by atoms with Crippen molar-refractivity contribution in [1.82, 2.24) is 0 Å². The number of halogens is 4. The van der Waals surface area contributed by atoms with Crippen LogP contribution >= 0.6 is 11.6 Å². The SMILES string of the molecule is CCOc1cccc(NC(=O)CN(c2ccc(Cl)c(C(F)(F)F)c2)S(C)(=O)=O)c1. The number of sulfonamides is 1. The van der Waals surface area contributed by atoms with Gasteiger partial charge in [-0.05, 0) is 37.3 Å². The highest BCUT2D eigenvalue weighted by atomic mass is 35.5. The Morgan fingerprint density at radius 2 is 1.90 bits per heavy atom. The zero-order chi connectivity index (χ0) is 21.8. The molecular weight excluding hydrogens is 433 g/mol. The molecule has 6 nitrogen and oxygen atoms in total. The van der Waals surface area contributed by atoms with Crippen molar-refractivity contribution in [2.24, 2.45) is 0 Å². The quantitative estimate of drug-likeness (QED) is 0.687. The molecule has 11 heteroatoms. The summed E-state index contributed by atoms with van der Waals surface area (Å²) in [4.78, 5) is 12.4. The second kappa shape index (κ2) is 8.91. The zero-order valence-corrected chi connectivity index (χ0v) is 17.0. The number of anilines is 2. The lowest BCUT2D eigenvalue weighted by Crippen LogP contribution is -2.37. The van der Waals surface area contributed by atoms with Gasteiger partial charge < -0.3 is 10.1 Å². The fourth-order valence-electron chi connectivity index (χ4n) is 2.45. The molecule has 0 heterocycles. The van der Waals surface area contributed by atoms with E-state index < -0.39 is 39.2 Å². The molecule has 0 radical (unpaired) electrons. The maximum Gasteiger partial charge on any atom is 0.417 e. The van der Waals surface area contributed by atoms with E-state index in [1.165, 1.54) is 6.07 Å². The monoisotopic (exact) mass is 450 g/mol. The topological polar surface area (TPSA) is 75.7 Å². The minimum absolute atomic E-state index is 0.331. The van der Waals surface area contributed by atoms with Crippen LogP contribution in [0.1, 0.15) is 12.5 Å². The molecule has 2 aromatic rings. The first kappa shape index (κ1) is 22.8. The van der Waals surface area contributed by atoms with Crippen LogP contribution in [0.25, 0.3) is 0 Å². The first-order valence-corrected chi connectivity index (χ1v) is 10.5. The molecule has 158 valence electrons. The smallest absolute Gasteiger partial charge is 0.417 e. The minimum Gasteiger partial charge on any atom is -0.494 e. The van der Waals surface area contributed by atoms with Gasteiger partial charge >= 0.3 is 6.18 Å². The lowest BCUT2D eigenvalue weighted by molar-refractivity contribution is -0.137. The van der Waals surface area contributed by atoms with E-state index in [1.54, 1.807) is 25.1 Å². The first-order chi connectivity index (χ1) is 13.4. The second-order valence-corrected chi connectivity index (χ2v) is 8.25. The van der Waals surface area contributed by atoms with Crippen LogP contribution < -0.4 is 14.4 Å². The standard InChI is InChI=1S/C18H18ClF3N2O4S/c1-3-28-14-6-4-5-12(9-14)23-17(25)11-24(29(2,26)27)13-7-8-16(19)15(10-13)18(20,21)22/h4-10H,3,11H2,1-2H3,(H,23,25). The molecule has 1 N–H and O–H groups in total. The number of alkyl halides is 3. The molecule has 0 unspecified atom stereocenters. The van der Waals surface area contributed by atoms with E-state index in [9.17, 15) is 26.4 Å². The lowest BCUT2D eigenvalue weighted by atomic mass is 10.2. The van der Waals surface area contributed by atoms with Gasteiger partial charge in [-0.25, -0.2) is 8.42 Å². The van der Waals surface area contributed by atoms with E-state index in [-0.39, 0.29) is 5.69 Å². The maximum atomic E-state index is 13.1. The number of amides is 1. The predicted octanol–water partition coefficient (Wildman–Crippen LogP) is 4.16. The van der Waals surface area contributed by atoms with Crippen LogP contribution in [0, 0.1) is 0 Å². The normalized spacial score (nSPS) is 11.8. The van der Waals surface area contributed by atoms with Crippen LogP contribution in [-0.4, -0.2) is 33.7 Å². The largest absolute Gasteiger partial charge is 0.494 e. The Morgan fingerprint density at radius 3 is 2.48 bits per heavy atom. The van der Waals surface area contributed by atoms with Gasteiger partial charge in [0.15, 0.2) is 0 Å². The third-order valence-electron chi connectivity index (χ3n) is 3.66. The van der Waals surface area contributed by atoms with Gasteiger partial charge in [-0.2, -0.15) is 13.2 Å². The fraction of sp³-hybridized carbons (Fsp3) is 0.278. The molecule has 0 aliphatic rings. The Balaban J connectivity index is 2.29. The van der Waals surface area contributed by atoms with Gasteiger partial charge in [-0.1, -0.05) is 17.7 Å². The average Bonchev–Trinajstić information content (AvgIpc) is 2.59. The highest BCUT2D eigenvalue weighted by Crippen LogP contribution is 2.37. The molecule has 0 saturated carbocycles. The molecule has 2 aromatic carbocycles. The molecule has 29 heavy (non-hydrogen) atoms.